The van der Waals surface area contributed by atoms with Crippen LogP contribution in [0, 0.1) is 17.0 Å². The van der Waals surface area contributed by atoms with Crippen LogP contribution in [-0.2, 0) is 0 Å². The van der Waals surface area contributed by atoms with Gasteiger partial charge in [0.15, 0.2) is 0 Å². The Morgan fingerprint density at radius 1 is 1.40 bits per heavy atom. The van der Waals surface area contributed by atoms with Gasteiger partial charge in [-0.25, -0.2) is 0 Å². The largest absolute Gasteiger partial charge is 0.394 e. The number of amides is 1. The first-order valence-electron chi connectivity index (χ1n) is 6.58. The monoisotopic (exact) mass is 280 g/mol. The van der Waals surface area contributed by atoms with E-state index in [0.717, 1.165) is 0 Å². The SMILES string of the molecule is CCC(CC)(CO)NC(=O)c1cccc([N+](=O)[O-])c1C. The Morgan fingerprint density at radius 3 is 2.45 bits per heavy atom. The van der Waals surface area contributed by atoms with Crippen molar-refractivity contribution in [2.75, 3.05) is 6.61 Å². The molecular weight excluding hydrogens is 260 g/mol. The van der Waals surface area contributed by atoms with Crippen molar-refractivity contribution in [2.24, 2.45) is 0 Å². The predicted molar refractivity (Wildman–Crippen MR) is 75.7 cm³/mol. The lowest BCUT2D eigenvalue weighted by Gasteiger charge is -2.30. The van der Waals surface area contributed by atoms with Crippen molar-refractivity contribution in [3.63, 3.8) is 0 Å². The minimum atomic E-state index is -0.686. The summed E-state index contributed by atoms with van der Waals surface area (Å²) in [5, 5.41) is 23.1. The lowest BCUT2D eigenvalue weighted by molar-refractivity contribution is -0.385. The highest BCUT2D eigenvalue weighted by molar-refractivity contribution is 5.97. The first kappa shape index (κ1) is 16.1. The summed E-state index contributed by atoms with van der Waals surface area (Å²) < 4.78 is 0. The molecule has 0 aliphatic heterocycles. The van der Waals surface area contributed by atoms with E-state index in [1.165, 1.54) is 12.1 Å². The average Bonchev–Trinajstić information content (AvgIpc) is 2.44. The molecule has 2 N–H and O–H groups in total. The molecule has 1 aromatic rings. The first-order chi connectivity index (χ1) is 9.40. The number of aliphatic hydroxyl groups excluding tert-OH is 1. The van der Waals surface area contributed by atoms with E-state index >= 15 is 0 Å². The van der Waals surface area contributed by atoms with Gasteiger partial charge in [0.05, 0.1) is 17.1 Å². The third kappa shape index (κ3) is 3.14. The molecule has 0 bridgehead atoms. The number of aliphatic hydroxyl groups is 1. The van der Waals surface area contributed by atoms with Gasteiger partial charge in [-0.05, 0) is 25.8 Å². The molecule has 6 nitrogen and oxygen atoms in total. The number of carbonyl (C=O) groups is 1. The van der Waals surface area contributed by atoms with E-state index in [-0.39, 0.29) is 17.9 Å². The van der Waals surface area contributed by atoms with E-state index in [0.29, 0.717) is 18.4 Å². The molecule has 1 amide bonds. The third-order valence-electron chi connectivity index (χ3n) is 3.78. The number of nitrogens with one attached hydrogen (secondary N) is 1. The molecular formula is C14H20N2O4. The summed E-state index contributed by atoms with van der Waals surface area (Å²) >= 11 is 0. The minimum Gasteiger partial charge on any atom is -0.394 e. The maximum atomic E-state index is 12.3. The highest BCUT2D eigenvalue weighted by Gasteiger charge is 2.29. The Labute approximate surface area is 118 Å². The molecule has 6 heteroatoms. The van der Waals surface area contributed by atoms with Gasteiger partial charge in [0.2, 0.25) is 0 Å². The quantitative estimate of drug-likeness (QED) is 0.617. The number of nitrogens with zero attached hydrogens (tertiary/aromatic N) is 1. The van der Waals surface area contributed by atoms with Gasteiger partial charge in [-0.15, -0.1) is 0 Å². The van der Waals surface area contributed by atoms with E-state index < -0.39 is 16.4 Å². The molecule has 0 unspecified atom stereocenters. The molecule has 0 aliphatic carbocycles. The molecule has 1 rings (SSSR count). The molecule has 0 heterocycles. The van der Waals surface area contributed by atoms with Crippen molar-refractivity contribution >= 4 is 11.6 Å². The number of hydrogen-bond acceptors (Lipinski definition) is 4. The maximum absolute atomic E-state index is 12.3. The predicted octanol–water partition coefficient (Wildman–Crippen LogP) is 2.18. The van der Waals surface area contributed by atoms with Gasteiger partial charge < -0.3 is 10.4 Å². The summed E-state index contributed by atoms with van der Waals surface area (Å²) in [5.74, 6) is -0.399. The van der Waals surface area contributed by atoms with E-state index in [2.05, 4.69) is 5.32 Å². The lowest BCUT2D eigenvalue weighted by Crippen LogP contribution is -2.50. The second kappa shape index (κ2) is 6.47. The van der Waals surface area contributed by atoms with Crippen LogP contribution in [0.25, 0.3) is 0 Å². The van der Waals surface area contributed by atoms with Gasteiger partial charge in [0.25, 0.3) is 11.6 Å². The van der Waals surface area contributed by atoms with E-state index in [4.69, 9.17) is 0 Å². The van der Waals surface area contributed by atoms with Crippen molar-refractivity contribution in [3.05, 3.63) is 39.4 Å². The molecule has 0 radical (unpaired) electrons. The first-order valence-corrected chi connectivity index (χ1v) is 6.58. The van der Waals surface area contributed by atoms with Crippen LogP contribution >= 0.6 is 0 Å². The van der Waals surface area contributed by atoms with Crippen molar-refractivity contribution in [2.45, 2.75) is 39.2 Å². The van der Waals surface area contributed by atoms with Crippen LogP contribution in [0.3, 0.4) is 0 Å². The normalized spacial score (nSPS) is 11.2. The average molecular weight is 280 g/mol. The second-order valence-corrected chi connectivity index (χ2v) is 4.81. The highest BCUT2D eigenvalue weighted by Crippen LogP contribution is 2.22. The topological polar surface area (TPSA) is 92.5 Å². The lowest BCUT2D eigenvalue weighted by atomic mass is 9.93. The summed E-state index contributed by atoms with van der Waals surface area (Å²) in [6.45, 7) is 5.13. The third-order valence-corrected chi connectivity index (χ3v) is 3.78. The van der Waals surface area contributed by atoms with Crippen LogP contribution in [0.4, 0.5) is 5.69 Å². The molecule has 0 saturated carbocycles. The molecule has 0 aliphatic rings. The van der Waals surface area contributed by atoms with Crippen molar-refractivity contribution < 1.29 is 14.8 Å². The van der Waals surface area contributed by atoms with Crippen molar-refractivity contribution in [1.29, 1.82) is 0 Å². The van der Waals surface area contributed by atoms with Crippen LogP contribution in [0.1, 0.15) is 42.6 Å². The Morgan fingerprint density at radius 2 is 2.00 bits per heavy atom. The van der Waals surface area contributed by atoms with Gasteiger partial charge in [-0.2, -0.15) is 0 Å². The summed E-state index contributed by atoms with van der Waals surface area (Å²) in [6.07, 6.45) is 1.17. The fourth-order valence-electron chi connectivity index (χ4n) is 2.07. The molecule has 20 heavy (non-hydrogen) atoms. The van der Waals surface area contributed by atoms with Crippen molar-refractivity contribution in [1.82, 2.24) is 5.32 Å². The zero-order valence-corrected chi connectivity index (χ0v) is 12.0. The molecule has 110 valence electrons. The van der Waals surface area contributed by atoms with Crippen LogP contribution in [0.5, 0.6) is 0 Å². The van der Waals surface area contributed by atoms with Gasteiger partial charge in [-0.1, -0.05) is 19.9 Å². The number of nitro benzene ring substituents is 1. The fraction of sp³-hybridized carbons (Fsp3) is 0.500. The van der Waals surface area contributed by atoms with E-state index in [1.54, 1.807) is 13.0 Å². The van der Waals surface area contributed by atoms with Gasteiger partial charge >= 0.3 is 0 Å². The zero-order chi connectivity index (χ0) is 15.3. The molecule has 0 aromatic heterocycles. The summed E-state index contributed by atoms with van der Waals surface area (Å²) in [6, 6.07) is 4.40. The Kier molecular flexibility index (Phi) is 5.21. The number of rotatable bonds is 6. The molecule has 0 fully saturated rings. The van der Waals surface area contributed by atoms with Gasteiger partial charge in [0, 0.05) is 17.2 Å². The smallest absolute Gasteiger partial charge is 0.273 e. The Hall–Kier alpha value is -1.95. The summed E-state index contributed by atoms with van der Waals surface area (Å²) in [7, 11) is 0. The van der Waals surface area contributed by atoms with Crippen LogP contribution in [0.15, 0.2) is 18.2 Å². The number of nitro groups is 1. The minimum absolute atomic E-state index is 0.0831. The number of carbonyl (C=O) groups excluding carboxylic acids is 1. The highest BCUT2D eigenvalue weighted by atomic mass is 16.6. The second-order valence-electron chi connectivity index (χ2n) is 4.81. The summed E-state index contributed by atoms with van der Waals surface area (Å²) in [5.41, 5.74) is -0.179. The van der Waals surface area contributed by atoms with Gasteiger partial charge in [-0.3, -0.25) is 14.9 Å². The maximum Gasteiger partial charge on any atom is 0.273 e. The standard InChI is InChI=1S/C14H20N2O4/c1-4-14(5-2,9-17)15-13(18)11-7-6-8-12(10(11)3)16(19)20/h6-8,17H,4-5,9H2,1-3H3,(H,15,18). The molecule has 1 aromatic carbocycles. The number of benzene rings is 1. The zero-order valence-electron chi connectivity index (χ0n) is 12.0. The van der Waals surface area contributed by atoms with Crippen molar-refractivity contribution in [3.8, 4) is 0 Å². The summed E-state index contributed by atoms with van der Waals surface area (Å²) in [4.78, 5) is 22.7. The fourth-order valence-corrected chi connectivity index (χ4v) is 2.07. The molecule has 0 saturated heterocycles. The van der Waals surface area contributed by atoms with E-state index in [9.17, 15) is 20.0 Å². The van der Waals surface area contributed by atoms with Crippen LogP contribution in [-0.4, -0.2) is 28.1 Å². The Balaban J connectivity index is 3.10. The number of hydrogen-bond donors (Lipinski definition) is 2. The molecule has 0 atom stereocenters. The van der Waals surface area contributed by atoms with E-state index in [1.807, 2.05) is 13.8 Å². The van der Waals surface area contributed by atoms with Crippen LogP contribution in [0.2, 0.25) is 0 Å². The Bertz CT molecular complexity index is 502. The van der Waals surface area contributed by atoms with Crippen LogP contribution < -0.4 is 5.32 Å². The molecule has 0 spiro atoms. The van der Waals surface area contributed by atoms with Gasteiger partial charge in [0.1, 0.15) is 0 Å².